The Morgan fingerprint density at radius 2 is 1.81 bits per heavy atom. The molecular weight excluding hydrogens is 256 g/mol. The Labute approximate surface area is 93.0 Å². The number of benzene rings is 1. The highest BCUT2D eigenvalue weighted by atomic mass is 32.2. The van der Waals surface area contributed by atoms with Gasteiger partial charge in [-0.3, -0.25) is 4.72 Å². The van der Waals surface area contributed by atoms with Gasteiger partial charge in [-0.2, -0.15) is 8.42 Å². The van der Waals surface area contributed by atoms with E-state index < -0.39 is 25.8 Å². The van der Waals surface area contributed by atoms with E-state index >= 15 is 0 Å². The number of nitrogens with two attached hydrogens (primary N) is 1. The SMILES string of the molecule is CS(=O)(=O)c1ccc(O)c(NS(N)(=O)=O)c1. The van der Waals surface area contributed by atoms with Crippen LogP contribution in [-0.4, -0.2) is 28.2 Å². The quantitative estimate of drug-likeness (QED) is 0.630. The van der Waals surface area contributed by atoms with E-state index in [0.29, 0.717) is 0 Å². The summed E-state index contributed by atoms with van der Waals surface area (Å²) in [7, 11) is -7.55. The Morgan fingerprint density at radius 3 is 2.25 bits per heavy atom. The molecule has 4 N–H and O–H groups in total. The van der Waals surface area contributed by atoms with Crippen molar-refractivity contribution in [2.75, 3.05) is 11.0 Å². The normalized spacial score (nSPS) is 12.4. The smallest absolute Gasteiger partial charge is 0.296 e. The van der Waals surface area contributed by atoms with Crippen molar-refractivity contribution in [3.05, 3.63) is 18.2 Å². The van der Waals surface area contributed by atoms with Crippen LogP contribution in [0.4, 0.5) is 5.69 Å². The molecule has 0 saturated heterocycles. The van der Waals surface area contributed by atoms with E-state index in [2.05, 4.69) is 0 Å². The van der Waals surface area contributed by atoms with Crippen molar-refractivity contribution in [2.24, 2.45) is 5.14 Å². The molecule has 0 radical (unpaired) electrons. The molecule has 1 aromatic carbocycles. The van der Waals surface area contributed by atoms with Crippen molar-refractivity contribution >= 4 is 25.7 Å². The third-order valence-corrected chi connectivity index (χ3v) is 3.26. The molecule has 0 unspecified atom stereocenters. The fraction of sp³-hybridized carbons (Fsp3) is 0.143. The molecule has 9 heteroatoms. The lowest BCUT2D eigenvalue weighted by atomic mass is 10.3. The number of phenols is 1. The molecule has 1 rings (SSSR count). The first-order chi connectivity index (χ1) is 7.09. The number of phenolic OH excluding ortho intramolecular Hbond substituents is 1. The van der Waals surface area contributed by atoms with Crippen LogP contribution in [0.25, 0.3) is 0 Å². The zero-order chi connectivity index (χ0) is 12.6. The highest BCUT2D eigenvalue weighted by Gasteiger charge is 2.13. The first-order valence-electron chi connectivity index (χ1n) is 3.93. The van der Waals surface area contributed by atoms with Crippen molar-refractivity contribution < 1.29 is 21.9 Å². The minimum atomic E-state index is -4.07. The van der Waals surface area contributed by atoms with Crippen LogP contribution in [0.1, 0.15) is 0 Å². The molecule has 0 aliphatic rings. The summed E-state index contributed by atoms with van der Waals surface area (Å²) in [6, 6.07) is 3.19. The van der Waals surface area contributed by atoms with Crippen molar-refractivity contribution in [1.29, 1.82) is 0 Å². The topological polar surface area (TPSA) is 127 Å². The number of nitrogens with one attached hydrogen (secondary N) is 1. The Hall–Kier alpha value is -1.32. The number of sulfone groups is 1. The van der Waals surface area contributed by atoms with Gasteiger partial charge in [0.2, 0.25) is 0 Å². The first kappa shape index (κ1) is 12.7. The maximum Gasteiger partial charge on any atom is 0.296 e. The number of aromatic hydroxyl groups is 1. The molecule has 0 aromatic heterocycles. The molecule has 1 aromatic rings. The maximum atomic E-state index is 11.2. The fourth-order valence-corrected chi connectivity index (χ4v) is 2.10. The molecule has 0 atom stereocenters. The number of rotatable bonds is 3. The van der Waals surface area contributed by atoms with Gasteiger partial charge in [0.25, 0.3) is 10.2 Å². The van der Waals surface area contributed by atoms with Gasteiger partial charge in [-0.15, -0.1) is 0 Å². The zero-order valence-electron chi connectivity index (χ0n) is 8.21. The number of hydrogen-bond acceptors (Lipinski definition) is 5. The summed E-state index contributed by atoms with van der Waals surface area (Å²) in [5, 5.41) is 14.0. The minimum Gasteiger partial charge on any atom is -0.506 e. The molecule has 90 valence electrons. The van der Waals surface area contributed by atoms with Crippen molar-refractivity contribution in [3.63, 3.8) is 0 Å². The summed E-state index contributed by atoms with van der Waals surface area (Å²) in [4.78, 5) is -0.128. The van der Waals surface area contributed by atoms with E-state index in [0.717, 1.165) is 24.5 Å². The summed E-state index contributed by atoms with van der Waals surface area (Å²) in [6.45, 7) is 0. The predicted molar refractivity (Wildman–Crippen MR) is 57.9 cm³/mol. The Kier molecular flexibility index (Phi) is 3.13. The standard InChI is InChI=1S/C7H10N2O5S2/c1-15(11,12)5-2-3-7(10)6(4-5)9-16(8,13)14/h2-4,9-10H,1H3,(H2,8,13,14). The van der Waals surface area contributed by atoms with Gasteiger partial charge in [-0.1, -0.05) is 0 Å². The van der Waals surface area contributed by atoms with Gasteiger partial charge >= 0.3 is 0 Å². The van der Waals surface area contributed by atoms with E-state index in [-0.39, 0.29) is 10.6 Å². The minimum absolute atomic E-state index is 0.128. The van der Waals surface area contributed by atoms with Gasteiger partial charge in [0.1, 0.15) is 5.75 Å². The first-order valence-corrected chi connectivity index (χ1v) is 7.37. The monoisotopic (exact) mass is 266 g/mol. The molecule has 0 bridgehead atoms. The second kappa shape index (κ2) is 3.92. The summed E-state index contributed by atoms with van der Waals surface area (Å²) in [5.41, 5.74) is -0.287. The van der Waals surface area contributed by atoms with Crippen LogP contribution in [0.3, 0.4) is 0 Å². The van der Waals surface area contributed by atoms with E-state index in [1.807, 2.05) is 0 Å². The predicted octanol–water partition coefficient (Wildman–Crippen LogP) is -0.589. The fourth-order valence-electron chi connectivity index (χ4n) is 0.981. The van der Waals surface area contributed by atoms with Gasteiger partial charge < -0.3 is 5.11 Å². The lowest BCUT2D eigenvalue weighted by Crippen LogP contribution is -2.21. The molecule has 0 heterocycles. The lowest BCUT2D eigenvalue weighted by Gasteiger charge is -2.07. The third-order valence-electron chi connectivity index (χ3n) is 1.65. The van der Waals surface area contributed by atoms with Crippen LogP contribution < -0.4 is 9.86 Å². The van der Waals surface area contributed by atoms with E-state index in [1.54, 1.807) is 4.72 Å². The van der Waals surface area contributed by atoms with E-state index in [4.69, 9.17) is 5.14 Å². The molecule has 0 aliphatic carbocycles. The van der Waals surface area contributed by atoms with Gasteiger partial charge in [0.05, 0.1) is 10.6 Å². The molecule has 0 aliphatic heterocycles. The van der Waals surface area contributed by atoms with Gasteiger partial charge in [-0.05, 0) is 18.2 Å². The van der Waals surface area contributed by atoms with Crippen LogP contribution in [0, 0.1) is 0 Å². The zero-order valence-corrected chi connectivity index (χ0v) is 9.84. The highest BCUT2D eigenvalue weighted by molar-refractivity contribution is 7.91. The lowest BCUT2D eigenvalue weighted by molar-refractivity contribution is 0.477. The average Bonchev–Trinajstić information content (AvgIpc) is 2.04. The van der Waals surface area contributed by atoms with E-state index in [9.17, 15) is 21.9 Å². The van der Waals surface area contributed by atoms with E-state index in [1.165, 1.54) is 0 Å². The van der Waals surface area contributed by atoms with Gasteiger partial charge in [-0.25, -0.2) is 13.6 Å². The summed E-state index contributed by atoms with van der Waals surface area (Å²) >= 11 is 0. The average molecular weight is 266 g/mol. The molecule has 0 amide bonds. The molecule has 0 saturated carbocycles. The molecule has 16 heavy (non-hydrogen) atoms. The van der Waals surface area contributed by atoms with Crippen LogP contribution in [0.5, 0.6) is 5.75 Å². The summed E-state index contributed by atoms with van der Waals surface area (Å²) < 4.78 is 45.6. The van der Waals surface area contributed by atoms with Gasteiger partial charge in [0.15, 0.2) is 9.84 Å². The Bertz CT molecular complexity index is 606. The van der Waals surface area contributed by atoms with Crippen LogP contribution >= 0.6 is 0 Å². The van der Waals surface area contributed by atoms with Crippen LogP contribution in [0.15, 0.2) is 23.1 Å². The maximum absolute atomic E-state index is 11.2. The summed E-state index contributed by atoms with van der Waals surface area (Å²) in [5.74, 6) is -0.415. The molecule has 0 spiro atoms. The highest BCUT2D eigenvalue weighted by Crippen LogP contribution is 2.26. The number of anilines is 1. The third kappa shape index (κ3) is 3.36. The Balaban J connectivity index is 3.31. The van der Waals surface area contributed by atoms with Crippen molar-refractivity contribution in [2.45, 2.75) is 4.90 Å². The molecule has 7 nitrogen and oxygen atoms in total. The largest absolute Gasteiger partial charge is 0.506 e. The second-order valence-electron chi connectivity index (χ2n) is 3.10. The van der Waals surface area contributed by atoms with Crippen LogP contribution in [0.2, 0.25) is 0 Å². The second-order valence-corrected chi connectivity index (χ2v) is 6.41. The molecular formula is C7H10N2O5S2. The number of hydrogen-bond donors (Lipinski definition) is 3. The van der Waals surface area contributed by atoms with Crippen LogP contribution in [-0.2, 0) is 20.0 Å². The van der Waals surface area contributed by atoms with Crippen molar-refractivity contribution in [1.82, 2.24) is 0 Å². The Morgan fingerprint density at radius 1 is 1.25 bits per heavy atom. The summed E-state index contributed by atoms with van der Waals surface area (Å²) in [6.07, 6.45) is 0.958. The molecule has 0 fully saturated rings. The van der Waals surface area contributed by atoms with Crippen molar-refractivity contribution in [3.8, 4) is 5.75 Å². The van der Waals surface area contributed by atoms with Gasteiger partial charge in [0, 0.05) is 6.26 Å².